The molecule has 1 aliphatic carbocycles. The van der Waals surface area contributed by atoms with E-state index in [0.29, 0.717) is 0 Å². The van der Waals surface area contributed by atoms with Crippen LogP contribution in [0.15, 0.2) is 24.3 Å². The van der Waals surface area contributed by atoms with Crippen LogP contribution in [0.4, 0.5) is 0 Å². The van der Waals surface area contributed by atoms with Gasteiger partial charge in [0.1, 0.15) is 0 Å². The molecule has 0 radical (unpaired) electrons. The maximum atomic E-state index is 10.6. The molecule has 0 aromatic rings. The lowest BCUT2D eigenvalue weighted by molar-refractivity contribution is -0.627. The van der Waals surface area contributed by atoms with E-state index < -0.39 is 19.8 Å². The fourth-order valence-corrected chi connectivity index (χ4v) is 1.39. The molecule has 0 spiro atoms. The van der Waals surface area contributed by atoms with Crippen LogP contribution in [-0.4, -0.2) is 19.8 Å². The summed E-state index contributed by atoms with van der Waals surface area (Å²) in [6.45, 7) is 0. The minimum Gasteiger partial charge on any atom is -0.262 e. The van der Waals surface area contributed by atoms with Gasteiger partial charge >= 0.3 is 10.00 Å². The molecule has 0 heterocycles. The molecule has 76 valence electrons. The van der Waals surface area contributed by atoms with Gasteiger partial charge in [-0.3, -0.25) is 20.2 Å². The number of hydrogen-bond acceptors (Lipinski definition) is 4. The summed E-state index contributed by atoms with van der Waals surface area (Å²) >= 11 is 11.0. The van der Waals surface area contributed by atoms with Crippen molar-refractivity contribution in [2.24, 2.45) is 0 Å². The molecule has 0 saturated heterocycles. The Morgan fingerprint density at radius 1 is 0.929 bits per heavy atom. The van der Waals surface area contributed by atoms with Crippen molar-refractivity contribution < 1.29 is 9.85 Å². The summed E-state index contributed by atoms with van der Waals surface area (Å²) in [6, 6.07) is 0. The average molecular weight is 239 g/mol. The van der Waals surface area contributed by atoms with E-state index in [1.54, 1.807) is 0 Å². The molecule has 14 heavy (non-hydrogen) atoms. The number of nitrogens with zero attached hydrogens (tertiary/aromatic N) is 2. The zero-order valence-electron chi connectivity index (χ0n) is 6.59. The van der Waals surface area contributed by atoms with Crippen LogP contribution in [0.25, 0.3) is 0 Å². The minimum absolute atomic E-state index is 0.879. The first-order valence-electron chi connectivity index (χ1n) is 3.38. The summed E-state index contributed by atoms with van der Waals surface area (Å²) in [5, 5.41) is 21.2. The van der Waals surface area contributed by atoms with Gasteiger partial charge in [-0.2, -0.15) is 0 Å². The van der Waals surface area contributed by atoms with Gasteiger partial charge in [-0.1, -0.05) is 12.2 Å². The number of allylic oxidation sites excluding steroid dienone is 2. The van der Waals surface area contributed by atoms with Gasteiger partial charge in [0.2, 0.25) is 0 Å². The number of hydrogen-bond donors (Lipinski definition) is 0. The highest BCUT2D eigenvalue weighted by Gasteiger charge is 2.68. The number of alkyl halides is 2. The largest absolute Gasteiger partial charge is 0.401 e. The molecule has 6 nitrogen and oxygen atoms in total. The number of nitro groups is 2. The molecule has 0 amide bonds. The molecule has 2 atom stereocenters. The Balaban J connectivity index is 3.30. The Hall–Kier alpha value is -1.14. The third-order valence-electron chi connectivity index (χ3n) is 1.77. The van der Waals surface area contributed by atoms with Crippen molar-refractivity contribution in [1.82, 2.24) is 0 Å². The van der Waals surface area contributed by atoms with E-state index in [1.165, 1.54) is 12.2 Å². The maximum absolute atomic E-state index is 10.6. The molecular weight excluding hydrogens is 235 g/mol. The van der Waals surface area contributed by atoms with E-state index in [2.05, 4.69) is 0 Å². The lowest BCUT2D eigenvalue weighted by Crippen LogP contribution is -2.54. The average Bonchev–Trinajstić information content (AvgIpc) is 2.09. The summed E-state index contributed by atoms with van der Waals surface area (Å²) in [7, 11) is 0. The first kappa shape index (κ1) is 10.9. The summed E-state index contributed by atoms with van der Waals surface area (Å²) in [4.78, 5) is 14.3. The molecule has 1 rings (SSSR count). The van der Waals surface area contributed by atoms with Gasteiger partial charge in [0.15, 0.2) is 0 Å². The Bertz CT molecular complexity index is 322. The first-order valence-corrected chi connectivity index (χ1v) is 4.14. The molecule has 0 aromatic carbocycles. The van der Waals surface area contributed by atoms with E-state index >= 15 is 0 Å². The summed E-state index contributed by atoms with van der Waals surface area (Å²) < 4.78 is 0. The third-order valence-corrected chi connectivity index (χ3v) is 2.97. The van der Waals surface area contributed by atoms with E-state index in [0.717, 1.165) is 12.2 Å². The predicted molar refractivity (Wildman–Crippen MR) is 49.4 cm³/mol. The highest BCUT2D eigenvalue weighted by Crippen LogP contribution is 2.41. The molecule has 0 fully saturated rings. The molecule has 0 saturated carbocycles. The lowest BCUT2D eigenvalue weighted by Gasteiger charge is -2.24. The van der Waals surface area contributed by atoms with E-state index in [4.69, 9.17) is 23.2 Å². The third kappa shape index (κ3) is 1.27. The van der Waals surface area contributed by atoms with Crippen LogP contribution in [0.5, 0.6) is 0 Å². The predicted octanol–water partition coefficient (Wildman–Crippen LogP) is 1.54. The maximum Gasteiger partial charge on any atom is 0.401 e. The Kier molecular flexibility index (Phi) is 2.51. The molecule has 0 aromatic heterocycles. The van der Waals surface area contributed by atoms with Crippen LogP contribution in [0.2, 0.25) is 0 Å². The van der Waals surface area contributed by atoms with Crippen LogP contribution in [0.3, 0.4) is 0 Å². The van der Waals surface area contributed by atoms with Gasteiger partial charge in [-0.15, -0.1) is 0 Å². The van der Waals surface area contributed by atoms with Crippen LogP contribution in [-0.2, 0) is 0 Å². The van der Waals surface area contributed by atoms with Gasteiger partial charge < -0.3 is 0 Å². The minimum atomic E-state index is -2.45. The molecule has 8 heteroatoms. The number of halogens is 2. The van der Waals surface area contributed by atoms with Crippen LogP contribution in [0, 0.1) is 20.2 Å². The monoisotopic (exact) mass is 238 g/mol. The van der Waals surface area contributed by atoms with Crippen molar-refractivity contribution in [3.63, 3.8) is 0 Å². The van der Waals surface area contributed by atoms with Gasteiger partial charge in [0.05, 0.1) is 9.85 Å². The highest BCUT2D eigenvalue weighted by atomic mass is 35.5. The van der Waals surface area contributed by atoms with Crippen molar-refractivity contribution in [3.05, 3.63) is 44.5 Å². The fraction of sp³-hybridized carbons (Fsp3) is 0.333. The van der Waals surface area contributed by atoms with Crippen molar-refractivity contribution in [1.29, 1.82) is 0 Å². The topological polar surface area (TPSA) is 86.3 Å². The second-order valence-electron chi connectivity index (χ2n) is 2.58. The van der Waals surface area contributed by atoms with Gasteiger partial charge in [-0.25, -0.2) is 0 Å². The molecular formula is C6H4Cl2N2O4. The molecule has 1 aliphatic rings. The molecule has 0 N–H and O–H groups in total. The summed E-state index contributed by atoms with van der Waals surface area (Å²) in [6.07, 6.45) is 4.23. The van der Waals surface area contributed by atoms with Crippen molar-refractivity contribution in [2.75, 3.05) is 0 Å². The smallest absolute Gasteiger partial charge is 0.262 e. The van der Waals surface area contributed by atoms with Crippen molar-refractivity contribution in [3.8, 4) is 0 Å². The van der Waals surface area contributed by atoms with Gasteiger partial charge in [-0.05, 0) is 23.2 Å². The van der Waals surface area contributed by atoms with E-state index in [9.17, 15) is 20.2 Å². The quantitative estimate of drug-likeness (QED) is 0.316. The Morgan fingerprint density at radius 3 is 1.43 bits per heavy atom. The summed E-state index contributed by atoms with van der Waals surface area (Å²) in [5.74, 6) is 0. The lowest BCUT2D eigenvalue weighted by atomic mass is 10.0. The first-order chi connectivity index (χ1) is 6.34. The van der Waals surface area contributed by atoms with Crippen LogP contribution >= 0.6 is 23.2 Å². The van der Waals surface area contributed by atoms with Gasteiger partial charge in [0, 0.05) is 12.2 Å². The van der Waals surface area contributed by atoms with E-state index in [-0.39, 0.29) is 0 Å². The second-order valence-corrected chi connectivity index (χ2v) is 3.73. The van der Waals surface area contributed by atoms with Crippen molar-refractivity contribution in [2.45, 2.75) is 10.00 Å². The molecule has 2 unspecified atom stereocenters. The zero-order valence-corrected chi connectivity index (χ0v) is 8.10. The second kappa shape index (κ2) is 3.21. The van der Waals surface area contributed by atoms with Crippen LogP contribution < -0.4 is 0 Å². The Labute approximate surface area is 88.1 Å². The van der Waals surface area contributed by atoms with E-state index in [1.807, 2.05) is 0 Å². The zero-order chi connectivity index (χ0) is 11.0. The SMILES string of the molecule is O=[N+]([O-])C1(Cl)C=CC=CC1(Cl)[N+](=O)[O-]. The van der Waals surface area contributed by atoms with Gasteiger partial charge in [0.25, 0.3) is 0 Å². The van der Waals surface area contributed by atoms with Crippen molar-refractivity contribution >= 4 is 23.2 Å². The highest BCUT2D eigenvalue weighted by molar-refractivity contribution is 6.35. The normalized spacial score (nSPS) is 35.6. The standard InChI is InChI=1S/C6H4Cl2N2O4/c7-5(9(11)12)3-1-2-4-6(5,8)10(13)14/h1-4H. The Morgan fingerprint density at radius 2 is 1.21 bits per heavy atom. The molecule has 0 bridgehead atoms. The van der Waals surface area contributed by atoms with Crippen LogP contribution in [0.1, 0.15) is 0 Å². The molecule has 0 aliphatic heterocycles. The fourth-order valence-electron chi connectivity index (χ4n) is 0.978. The number of rotatable bonds is 2. The summed E-state index contributed by atoms with van der Waals surface area (Å²) in [5.41, 5.74) is 0.